The monoisotopic (exact) mass is 289 g/mol. The van der Waals surface area contributed by atoms with Crippen molar-refractivity contribution in [2.75, 3.05) is 19.0 Å². The minimum Gasteiger partial charge on any atom is -0.497 e. The van der Waals surface area contributed by atoms with E-state index >= 15 is 0 Å². The Hall–Kier alpha value is -2.57. The Kier molecular flexibility index (Phi) is 4.76. The molecule has 1 aromatic heterocycles. The molecule has 2 N–H and O–H groups in total. The van der Waals surface area contributed by atoms with E-state index in [9.17, 15) is 4.79 Å². The topological polar surface area (TPSA) is 81.1 Å². The average Bonchev–Trinajstić information content (AvgIpc) is 2.77. The van der Waals surface area contributed by atoms with Crippen LogP contribution in [0.5, 0.6) is 5.75 Å². The molecule has 0 radical (unpaired) electrons. The number of rotatable bonds is 5. The van der Waals surface area contributed by atoms with Gasteiger partial charge in [-0.15, -0.1) is 5.10 Å². The second-order valence-corrected chi connectivity index (χ2v) is 4.59. The summed E-state index contributed by atoms with van der Waals surface area (Å²) in [4.78, 5) is 15.8. The van der Waals surface area contributed by atoms with Crippen LogP contribution in [0.4, 0.5) is 10.7 Å². The average molecular weight is 289 g/mol. The van der Waals surface area contributed by atoms with Gasteiger partial charge in [0.1, 0.15) is 11.6 Å². The highest BCUT2D eigenvalue weighted by molar-refractivity contribution is 5.87. The van der Waals surface area contributed by atoms with E-state index < -0.39 is 0 Å². The van der Waals surface area contributed by atoms with E-state index in [1.807, 2.05) is 31.2 Å². The van der Waals surface area contributed by atoms with Gasteiger partial charge in [0, 0.05) is 13.6 Å². The predicted molar refractivity (Wildman–Crippen MR) is 79.5 cm³/mol. The van der Waals surface area contributed by atoms with E-state index in [-0.39, 0.29) is 6.03 Å². The van der Waals surface area contributed by atoms with Gasteiger partial charge in [0.15, 0.2) is 0 Å². The van der Waals surface area contributed by atoms with Crippen LogP contribution in [0, 0.1) is 6.92 Å². The van der Waals surface area contributed by atoms with Crippen molar-refractivity contribution in [3.8, 4) is 5.75 Å². The van der Waals surface area contributed by atoms with Crippen molar-refractivity contribution in [1.82, 2.24) is 20.1 Å². The summed E-state index contributed by atoms with van der Waals surface area (Å²) in [6.07, 6.45) is 0.722. The summed E-state index contributed by atoms with van der Waals surface area (Å²) in [6.45, 7) is 2.34. The van der Waals surface area contributed by atoms with Crippen LogP contribution in [-0.2, 0) is 13.5 Å². The third kappa shape index (κ3) is 4.20. The Bertz CT molecular complexity index is 604. The first-order valence-electron chi connectivity index (χ1n) is 6.64. The van der Waals surface area contributed by atoms with Crippen LogP contribution in [0.15, 0.2) is 24.3 Å². The van der Waals surface area contributed by atoms with Gasteiger partial charge in [-0.1, -0.05) is 12.1 Å². The zero-order chi connectivity index (χ0) is 15.2. The van der Waals surface area contributed by atoms with Crippen molar-refractivity contribution in [3.05, 3.63) is 35.7 Å². The van der Waals surface area contributed by atoms with Gasteiger partial charge in [0.05, 0.1) is 7.11 Å². The number of aromatic nitrogens is 3. The van der Waals surface area contributed by atoms with E-state index in [2.05, 4.69) is 20.7 Å². The first kappa shape index (κ1) is 14.8. The molecule has 0 aliphatic rings. The molecule has 21 heavy (non-hydrogen) atoms. The fraction of sp³-hybridized carbons (Fsp3) is 0.357. The lowest BCUT2D eigenvalue weighted by atomic mass is 10.1. The van der Waals surface area contributed by atoms with Gasteiger partial charge in [-0.05, 0) is 31.0 Å². The van der Waals surface area contributed by atoms with Crippen molar-refractivity contribution in [2.24, 2.45) is 7.05 Å². The van der Waals surface area contributed by atoms with Crippen molar-refractivity contribution in [3.63, 3.8) is 0 Å². The van der Waals surface area contributed by atoms with E-state index in [1.165, 1.54) is 0 Å². The molecule has 7 nitrogen and oxygen atoms in total. The molecule has 7 heteroatoms. The number of hydrogen-bond donors (Lipinski definition) is 2. The normalized spacial score (nSPS) is 10.2. The van der Waals surface area contributed by atoms with Crippen LogP contribution < -0.4 is 15.4 Å². The lowest BCUT2D eigenvalue weighted by molar-refractivity contribution is 0.252. The summed E-state index contributed by atoms with van der Waals surface area (Å²) in [7, 11) is 3.40. The fourth-order valence-corrected chi connectivity index (χ4v) is 1.81. The van der Waals surface area contributed by atoms with Crippen LogP contribution in [0.3, 0.4) is 0 Å². The zero-order valence-corrected chi connectivity index (χ0v) is 12.4. The van der Waals surface area contributed by atoms with Crippen LogP contribution >= 0.6 is 0 Å². The molecule has 0 aliphatic heterocycles. The van der Waals surface area contributed by atoms with Crippen molar-refractivity contribution < 1.29 is 9.53 Å². The molecule has 0 bridgehead atoms. The van der Waals surface area contributed by atoms with Gasteiger partial charge in [-0.2, -0.15) is 4.98 Å². The van der Waals surface area contributed by atoms with Crippen molar-refractivity contribution in [2.45, 2.75) is 13.3 Å². The second kappa shape index (κ2) is 6.74. The molecule has 1 heterocycles. The number of carbonyl (C=O) groups excluding carboxylic acids is 1. The number of benzene rings is 1. The summed E-state index contributed by atoms with van der Waals surface area (Å²) in [6, 6.07) is 7.44. The van der Waals surface area contributed by atoms with Gasteiger partial charge in [0.2, 0.25) is 5.95 Å². The first-order chi connectivity index (χ1) is 10.1. The Morgan fingerprint density at radius 1 is 1.43 bits per heavy atom. The van der Waals surface area contributed by atoms with Gasteiger partial charge in [-0.25, -0.2) is 4.79 Å². The highest BCUT2D eigenvalue weighted by atomic mass is 16.5. The number of methoxy groups -OCH3 is 1. The number of nitrogens with one attached hydrogen (secondary N) is 2. The van der Waals surface area contributed by atoms with Gasteiger partial charge < -0.3 is 10.1 Å². The smallest absolute Gasteiger partial charge is 0.321 e. The highest BCUT2D eigenvalue weighted by Gasteiger charge is 2.07. The van der Waals surface area contributed by atoms with Crippen LogP contribution in [0.1, 0.15) is 11.4 Å². The molecule has 2 aromatic rings. The quantitative estimate of drug-likeness (QED) is 0.874. The molecule has 0 saturated carbocycles. The van der Waals surface area contributed by atoms with Crippen molar-refractivity contribution >= 4 is 12.0 Å². The third-order valence-corrected chi connectivity index (χ3v) is 3.04. The maximum atomic E-state index is 11.7. The van der Waals surface area contributed by atoms with E-state index in [1.54, 1.807) is 18.8 Å². The zero-order valence-electron chi connectivity index (χ0n) is 12.4. The Balaban J connectivity index is 1.78. The van der Waals surface area contributed by atoms with E-state index in [0.717, 1.165) is 23.6 Å². The highest BCUT2D eigenvalue weighted by Crippen LogP contribution is 2.12. The number of hydrogen-bond acceptors (Lipinski definition) is 4. The molecular weight excluding hydrogens is 270 g/mol. The number of carbonyl (C=O) groups is 1. The minimum absolute atomic E-state index is 0.300. The van der Waals surface area contributed by atoms with E-state index in [0.29, 0.717) is 12.5 Å². The molecule has 1 aromatic carbocycles. The summed E-state index contributed by atoms with van der Waals surface area (Å²) < 4.78 is 6.76. The maximum absolute atomic E-state index is 11.7. The summed E-state index contributed by atoms with van der Waals surface area (Å²) in [5, 5.41) is 9.42. The largest absolute Gasteiger partial charge is 0.497 e. The summed E-state index contributed by atoms with van der Waals surface area (Å²) in [5.74, 6) is 1.85. The Labute approximate surface area is 123 Å². The number of aryl methyl sites for hydroxylation is 2. The molecule has 0 saturated heterocycles. The molecule has 2 rings (SSSR count). The lowest BCUT2D eigenvalue weighted by Crippen LogP contribution is -2.30. The Morgan fingerprint density at radius 3 is 2.90 bits per heavy atom. The second-order valence-electron chi connectivity index (χ2n) is 4.59. The number of urea groups is 1. The molecule has 0 fully saturated rings. The summed E-state index contributed by atoms with van der Waals surface area (Å²) >= 11 is 0. The molecule has 112 valence electrons. The molecular formula is C14H19N5O2. The van der Waals surface area contributed by atoms with Crippen LogP contribution in [0.2, 0.25) is 0 Å². The van der Waals surface area contributed by atoms with Gasteiger partial charge in [0.25, 0.3) is 0 Å². The van der Waals surface area contributed by atoms with Crippen LogP contribution in [-0.4, -0.2) is 34.5 Å². The predicted octanol–water partition coefficient (Wildman–Crippen LogP) is 1.50. The van der Waals surface area contributed by atoms with Gasteiger partial charge >= 0.3 is 6.03 Å². The number of nitrogens with zero attached hydrogens (tertiary/aromatic N) is 3. The van der Waals surface area contributed by atoms with Crippen molar-refractivity contribution in [1.29, 1.82) is 0 Å². The van der Waals surface area contributed by atoms with Gasteiger partial charge in [-0.3, -0.25) is 10.00 Å². The first-order valence-corrected chi connectivity index (χ1v) is 6.64. The number of ether oxygens (including phenoxy) is 1. The Morgan fingerprint density at radius 2 is 2.24 bits per heavy atom. The maximum Gasteiger partial charge on any atom is 0.321 e. The lowest BCUT2D eigenvalue weighted by Gasteiger charge is -2.06. The fourth-order valence-electron chi connectivity index (χ4n) is 1.81. The third-order valence-electron chi connectivity index (χ3n) is 3.04. The number of anilines is 1. The SMILES string of the molecule is COc1cccc(CCNC(=O)Nc2nc(C)n(C)n2)c1. The molecule has 0 aliphatic carbocycles. The molecule has 2 amide bonds. The van der Waals surface area contributed by atoms with Crippen LogP contribution in [0.25, 0.3) is 0 Å². The molecule has 0 unspecified atom stereocenters. The summed E-state index contributed by atoms with van der Waals surface area (Å²) in [5.41, 5.74) is 1.10. The molecule has 0 atom stereocenters. The minimum atomic E-state index is -0.316. The number of amides is 2. The van der Waals surface area contributed by atoms with E-state index in [4.69, 9.17) is 4.74 Å². The molecule has 0 spiro atoms. The standard InChI is InChI=1S/C14H19N5O2/c1-10-16-13(18-19(10)2)17-14(20)15-8-7-11-5-4-6-12(9-11)21-3/h4-6,9H,7-8H2,1-3H3,(H2,15,17,18,20).